The van der Waals surface area contributed by atoms with Gasteiger partial charge in [0.05, 0.1) is 12.6 Å². The average Bonchev–Trinajstić information content (AvgIpc) is 1.75. The summed E-state index contributed by atoms with van der Waals surface area (Å²) in [5.41, 5.74) is -0.875. The second-order valence-corrected chi connectivity index (χ2v) is 8.17. The van der Waals surface area contributed by atoms with Crippen LogP contribution >= 0.6 is 0 Å². The van der Waals surface area contributed by atoms with E-state index in [4.69, 9.17) is 7.85 Å². The molecule has 0 heterocycles. The standard InChI is InChI=1S/C10H22BNO2S/c1-8(2)7-10(6,11)12-15(13,14)9(3,4)5/h8,12H,7H2,1-6H3/t10-/m0/s1. The van der Waals surface area contributed by atoms with Gasteiger partial charge in [-0.15, -0.1) is 0 Å². The van der Waals surface area contributed by atoms with Gasteiger partial charge >= 0.3 is 0 Å². The van der Waals surface area contributed by atoms with Crippen LogP contribution in [-0.2, 0) is 10.0 Å². The molecule has 1 atom stereocenters. The molecule has 0 aromatic heterocycles. The van der Waals surface area contributed by atoms with Crippen molar-refractivity contribution in [2.45, 2.75) is 58.1 Å². The molecular formula is C10H22BNO2S. The summed E-state index contributed by atoms with van der Waals surface area (Å²) in [5, 5.41) is 0. The van der Waals surface area contributed by atoms with E-state index in [9.17, 15) is 8.42 Å². The maximum Gasteiger partial charge on any atom is 0.216 e. The van der Waals surface area contributed by atoms with Gasteiger partial charge in [-0.3, -0.25) is 0 Å². The summed E-state index contributed by atoms with van der Waals surface area (Å²) in [6.07, 6.45) is 0.613. The van der Waals surface area contributed by atoms with Crippen molar-refractivity contribution in [2.75, 3.05) is 0 Å². The van der Waals surface area contributed by atoms with Crippen LogP contribution in [0.5, 0.6) is 0 Å². The molecule has 0 amide bonds. The topological polar surface area (TPSA) is 46.2 Å². The first-order valence-corrected chi connectivity index (χ1v) is 6.68. The van der Waals surface area contributed by atoms with Crippen LogP contribution in [0.2, 0.25) is 0 Å². The number of nitrogens with one attached hydrogen (secondary N) is 1. The smallest absolute Gasteiger partial charge is 0.216 e. The number of hydrogen-bond donors (Lipinski definition) is 1. The molecule has 0 aliphatic carbocycles. The van der Waals surface area contributed by atoms with E-state index in [-0.39, 0.29) is 0 Å². The Hall–Kier alpha value is -0.0251. The minimum Gasteiger partial charge on any atom is -0.218 e. The largest absolute Gasteiger partial charge is 0.218 e. The molecule has 0 spiro atoms. The van der Waals surface area contributed by atoms with Crippen LogP contribution in [0.25, 0.3) is 0 Å². The van der Waals surface area contributed by atoms with Gasteiger partial charge in [-0.25, -0.2) is 13.1 Å². The average molecular weight is 231 g/mol. The molecule has 2 radical (unpaired) electrons. The molecule has 1 N–H and O–H groups in total. The van der Waals surface area contributed by atoms with Gasteiger partial charge in [0.15, 0.2) is 0 Å². The molecular weight excluding hydrogens is 209 g/mol. The summed E-state index contributed by atoms with van der Waals surface area (Å²) >= 11 is 0. The van der Waals surface area contributed by atoms with Gasteiger partial charge in [-0.05, 0) is 38.5 Å². The number of sulfonamides is 1. The van der Waals surface area contributed by atoms with Crippen LogP contribution in [0.4, 0.5) is 0 Å². The molecule has 0 fully saturated rings. The Morgan fingerprint density at radius 1 is 1.20 bits per heavy atom. The van der Waals surface area contributed by atoms with Crippen molar-refractivity contribution in [3.8, 4) is 0 Å². The monoisotopic (exact) mass is 231 g/mol. The van der Waals surface area contributed by atoms with E-state index in [1.54, 1.807) is 27.7 Å². The summed E-state index contributed by atoms with van der Waals surface area (Å²) in [6.45, 7) is 10.7. The van der Waals surface area contributed by atoms with Crippen LogP contribution in [-0.4, -0.2) is 26.4 Å². The third-order valence-electron chi connectivity index (χ3n) is 2.01. The molecule has 0 rings (SSSR count). The Bertz CT molecular complexity index is 302. The minimum atomic E-state index is -3.38. The fourth-order valence-corrected chi connectivity index (χ4v) is 2.35. The summed E-state index contributed by atoms with van der Waals surface area (Å²) in [5.74, 6) is 0.350. The Labute approximate surface area is 95.5 Å². The van der Waals surface area contributed by atoms with Crippen molar-refractivity contribution in [3.63, 3.8) is 0 Å². The first-order chi connectivity index (χ1) is 6.37. The summed E-state index contributed by atoms with van der Waals surface area (Å²) in [4.78, 5) is 0. The minimum absolute atomic E-state index is 0.350. The maximum atomic E-state index is 11.9. The van der Waals surface area contributed by atoms with Crippen LogP contribution in [0, 0.1) is 5.92 Å². The van der Waals surface area contributed by atoms with Gasteiger partial charge in [0, 0.05) is 0 Å². The van der Waals surface area contributed by atoms with Gasteiger partial charge in [-0.2, -0.15) is 0 Å². The third-order valence-corrected chi connectivity index (χ3v) is 4.35. The zero-order chi connectivity index (χ0) is 12.5. The molecule has 0 aromatic carbocycles. The van der Waals surface area contributed by atoms with E-state index in [1.807, 2.05) is 13.8 Å². The lowest BCUT2D eigenvalue weighted by Crippen LogP contribution is -2.52. The Balaban J connectivity index is 4.74. The Morgan fingerprint density at radius 3 is 1.87 bits per heavy atom. The normalized spacial score (nSPS) is 17.8. The molecule has 0 saturated heterocycles. The molecule has 5 heteroatoms. The first kappa shape index (κ1) is 15.0. The van der Waals surface area contributed by atoms with Crippen molar-refractivity contribution in [3.05, 3.63) is 0 Å². The molecule has 0 aromatic rings. The van der Waals surface area contributed by atoms with Gasteiger partial charge in [0.2, 0.25) is 10.0 Å². The van der Waals surface area contributed by atoms with Crippen LogP contribution in [0.1, 0.15) is 48.0 Å². The van der Waals surface area contributed by atoms with Crippen molar-refractivity contribution in [1.29, 1.82) is 0 Å². The highest BCUT2D eigenvalue weighted by molar-refractivity contribution is 7.90. The highest BCUT2D eigenvalue weighted by Gasteiger charge is 2.34. The van der Waals surface area contributed by atoms with E-state index in [0.717, 1.165) is 0 Å². The third kappa shape index (κ3) is 5.02. The molecule has 15 heavy (non-hydrogen) atoms. The molecule has 0 bridgehead atoms. The van der Waals surface area contributed by atoms with Crippen molar-refractivity contribution < 1.29 is 8.42 Å². The predicted octanol–water partition coefficient (Wildman–Crippen LogP) is 1.64. The summed E-state index contributed by atoms with van der Waals surface area (Å²) in [6, 6.07) is 0. The maximum absolute atomic E-state index is 11.9. The molecule has 0 saturated carbocycles. The highest BCUT2D eigenvalue weighted by atomic mass is 32.2. The highest BCUT2D eigenvalue weighted by Crippen LogP contribution is 2.19. The van der Waals surface area contributed by atoms with Crippen molar-refractivity contribution >= 4 is 17.9 Å². The molecule has 0 aliphatic heterocycles. The summed E-state index contributed by atoms with van der Waals surface area (Å²) < 4.78 is 25.4. The molecule has 0 unspecified atom stereocenters. The second kappa shape index (κ2) is 4.46. The van der Waals surface area contributed by atoms with Gasteiger partial charge in [0.25, 0.3) is 0 Å². The van der Waals surface area contributed by atoms with Gasteiger partial charge < -0.3 is 0 Å². The predicted molar refractivity (Wildman–Crippen MR) is 65.4 cm³/mol. The lowest BCUT2D eigenvalue weighted by molar-refractivity contribution is 0.435. The van der Waals surface area contributed by atoms with Gasteiger partial charge in [-0.1, -0.05) is 20.8 Å². The molecule has 0 aliphatic rings. The van der Waals surface area contributed by atoms with E-state index in [0.29, 0.717) is 12.3 Å². The second-order valence-electron chi connectivity index (χ2n) is 5.73. The quantitative estimate of drug-likeness (QED) is 0.747. The fourth-order valence-electron chi connectivity index (χ4n) is 1.35. The number of hydrogen-bond acceptors (Lipinski definition) is 2. The SMILES string of the molecule is [B][C@](C)(CC(C)C)NS(=O)(=O)C(C)(C)C. The zero-order valence-electron chi connectivity index (χ0n) is 10.6. The zero-order valence-corrected chi connectivity index (χ0v) is 11.4. The molecule has 3 nitrogen and oxygen atoms in total. The summed E-state index contributed by atoms with van der Waals surface area (Å²) in [7, 11) is 2.53. The lowest BCUT2D eigenvalue weighted by Gasteiger charge is -2.32. The molecule has 88 valence electrons. The lowest BCUT2D eigenvalue weighted by atomic mass is 9.75. The van der Waals surface area contributed by atoms with Gasteiger partial charge in [0.1, 0.15) is 0 Å². The Kier molecular flexibility index (Phi) is 4.45. The van der Waals surface area contributed by atoms with Crippen LogP contribution < -0.4 is 4.72 Å². The van der Waals surface area contributed by atoms with Crippen LogP contribution in [0.15, 0.2) is 0 Å². The number of rotatable bonds is 4. The van der Waals surface area contributed by atoms with E-state index in [2.05, 4.69) is 4.72 Å². The first-order valence-electron chi connectivity index (χ1n) is 5.20. The van der Waals surface area contributed by atoms with E-state index in [1.165, 1.54) is 0 Å². The fraction of sp³-hybridized carbons (Fsp3) is 1.00. The van der Waals surface area contributed by atoms with E-state index >= 15 is 0 Å². The van der Waals surface area contributed by atoms with Crippen LogP contribution in [0.3, 0.4) is 0 Å². The Morgan fingerprint density at radius 2 is 1.60 bits per heavy atom. The van der Waals surface area contributed by atoms with E-state index < -0.39 is 20.2 Å². The van der Waals surface area contributed by atoms with Crippen molar-refractivity contribution in [1.82, 2.24) is 4.72 Å². The van der Waals surface area contributed by atoms with Crippen molar-refractivity contribution in [2.24, 2.45) is 5.92 Å².